The predicted octanol–water partition coefficient (Wildman–Crippen LogP) is 6.44. The van der Waals surface area contributed by atoms with Gasteiger partial charge in [-0.15, -0.1) is 0 Å². The van der Waals surface area contributed by atoms with E-state index in [0.717, 1.165) is 16.7 Å². The molecule has 0 heterocycles. The highest BCUT2D eigenvalue weighted by molar-refractivity contribution is 5.91. The van der Waals surface area contributed by atoms with Crippen LogP contribution >= 0.6 is 0 Å². The first kappa shape index (κ1) is 22.5. The Labute approximate surface area is 182 Å². The van der Waals surface area contributed by atoms with Gasteiger partial charge in [-0.2, -0.15) is 0 Å². The third-order valence-electron chi connectivity index (χ3n) is 6.81. The predicted molar refractivity (Wildman–Crippen MR) is 125 cm³/mol. The van der Waals surface area contributed by atoms with E-state index in [1.807, 2.05) is 84.0 Å². The second-order valence-corrected chi connectivity index (χ2v) is 11.1. The molecule has 0 spiro atoms. The van der Waals surface area contributed by atoms with Gasteiger partial charge in [0, 0.05) is 10.8 Å². The zero-order valence-electron chi connectivity index (χ0n) is 19.5. The van der Waals surface area contributed by atoms with Crippen molar-refractivity contribution in [3.63, 3.8) is 0 Å². The van der Waals surface area contributed by atoms with Gasteiger partial charge in [0.2, 0.25) is 0 Å². The van der Waals surface area contributed by atoms with Gasteiger partial charge in [-0.05, 0) is 34.6 Å². The molecule has 2 aromatic carbocycles. The molecule has 0 aromatic heterocycles. The standard InChI is InChI=1S/C28H36O2/c1-25(2,3)24(29)23-27(7,22-16-12-9-13-17-22)18-21(20-14-10-8-11-15-20)19-28(23,30)26(4,5)6/h8-17,19,23,30H,18H2,1-7H3/t23-,27+,28-/m1/s1. The number of carbonyl (C=O) groups excluding carboxylic acids is 1. The number of hydrogen-bond donors (Lipinski definition) is 1. The molecule has 2 aromatic rings. The van der Waals surface area contributed by atoms with E-state index >= 15 is 0 Å². The van der Waals surface area contributed by atoms with Crippen LogP contribution in [0.15, 0.2) is 66.7 Å². The molecule has 0 bridgehead atoms. The summed E-state index contributed by atoms with van der Waals surface area (Å²) in [4.78, 5) is 13.9. The molecular weight excluding hydrogens is 368 g/mol. The van der Waals surface area contributed by atoms with E-state index in [2.05, 4.69) is 31.2 Å². The highest BCUT2D eigenvalue weighted by atomic mass is 16.3. The summed E-state index contributed by atoms with van der Waals surface area (Å²) in [5.74, 6) is -0.450. The van der Waals surface area contributed by atoms with Crippen LogP contribution < -0.4 is 0 Å². The number of allylic oxidation sites excluding steroid dienone is 1. The SMILES string of the molecule is CC(C)(C)C(=O)[C@@H]1[C@](C)(c2ccccc2)CC(c2ccccc2)=C[C@]1(O)C(C)(C)C. The van der Waals surface area contributed by atoms with Crippen LogP contribution in [0.3, 0.4) is 0 Å². The van der Waals surface area contributed by atoms with Gasteiger partial charge in [0.1, 0.15) is 5.78 Å². The zero-order valence-corrected chi connectivity index (χ0v) is 19.5. The second-order valence-electron chi connectivity index (χ2n) is 11.1. The minimum absolute atomic E-state index is 0.106. The second kappa shape index (κ2) is 7.50. The number of benzene rings is 2. The van der Waals surface area contributed by atoms with Crippen LogP contribution in [0.5, 0.6) is 0 Å². The van der Waals surface area contributed by atoms with Gasteiger partial charge in [0.15, 0.2) is 0 Å². The Morgan fingerprint density at radius 2 is 1.40 bits per heavy atom. The van der Waals surface area contributed by atoms with Gasteiger partial charge in [-0.25, -0.2) is 0 Å². The van der Waals surface area contributed by atoms with Crippen molar-refractivity contribution in [3.8, 4) is 0 Å². The zero-order chi connectivity index (χ0) is 22.4. The maximum absolute atomic E-state index is 13.9. The Kier molecular flexibility index (Phi) is 5.62. The van der Waals surface area contributed by atoms with E-state index in [1.54, 1.807) is 0 Å². The maximum atomic E-state index is 13.9. The summed E-state index contributed by atoms with van der Waals surface area (Å²) in [6.07, 6.45) is 2.69. The molecule has 1 aliphatic rings. The van der Waals surface area contributed by atoms with Crippen LogP contribution in [-0.4, -0.2) is 16.5 Å². The van der Waals surface area contributed by atoms with Crippen molar-refractivity contribution in [2.45, 2.75) is 65.9 Å². The molecule has 0 fully saturated rings. The van der Waals surface area contributed by atoms with E-state index in [0.29, 0.717) is 6.42 Å². The van der Waals surface area contributed by atoms with Crippen molar-refractivity contribution >= 4 is 11.4 Å². The molecule has 30 heavy (non-hydrogen) atoms. The average molecular weight is 405 g/mol. The molecule has 3 atom stereocenters. The third kappa shape index (κ3) is 3.78. The van der Waals surface area contributed by atoms with Crippen LogP contribution in [0, 0.1) is 16.7 Å². The molecule has 1 aliphatic carbocycles. The Balaban J connectivity index is 2.34. The molecule has 1 N–H and O–H groups in total. The van der Waals surface area contributed by atoms with Gasteiger partial charge in [0.05, 0.1) is 11.5 Å². The van der Waals surface area contributed by atoms with E-state index in [-0.39, 0.29) is 5.78 Å². The minimum Gasteiger partial charge on any atom is -0.384 e. The highest BCUT2D eigenvalue weighted by Crippen LogP contribution is 2.56. The van der Waals surface area contributed by atoms with Crippen LogP contribution in [0.4, 0.5) is 0 Å². The molecular formula is C28H36O2. The fraction of sp³-hybridized carbons (Fsp3) is 0.464. The summed E-state index contributed by atoms with van der Waals surface area (Å²) in [5.41, 5.74) is 0.393. The molecule has 0 saturated heterocycles. The first-order valence-electron chi connectivity index (χ1n) is 10.9. The van der Waals surface area contributed by atoms with Gasteiger partial charge < -0.3 is 5.11 Å². The molecule has 0 amide bonds. The first-order valence-corrected chi connectivity index (χ1v) is 10.9. The van der Waals surface area contributed by atoms with E-state index in [9.17, 15) is 9.90 Å². The molecule has 0 unspecified atom stereocenters. The van der Waals surface area contributed by atoms with Gasteiger partial charge in [-0.1, -0.05) is 109 Å². The largest absolute Gasteiger partial charge is 0.384 e. The van der Waals surface area contributed by atoms with Crippen LogP contribution in [0.2, 0.25) is 0 Å². The summed E-state index contributed by atoms with van der Waals surface area (Å²) in [6, 6.07) is 20.5. The number of aliphatic hydroxyl groups is 1. The number of carbonyl (C=O) groups is 1. The Morgan fingerprint density at radius 3 is 1.87 bits per heavy atom. The molecule has 0 saturated carbocycles. The van der Waals surface area contributed by atoms with Gasteiger partial charge >= 0.3 is 0 Å². The number of rotatable bonds is 3. The lowest BCUT2D eigenvalue weighted by atomic mass is 9.50. The van der Waals surface area contributed by atoms with Gasteiger partial charge in [-0.3, -0.25) is 4.79 Å². The maximum Gasteiger partial charge on any atom is 0.145 e. The fourth-order valence-electron chi connectivity index (χ4n) is 4.88. The van der Waals surface area contributed by atoms with E-state index < -0.39 is 27.8 Å². The fourth-order valence-corrected chi connectivity index (χ4v) is 4.88. The first-order chi connectivity index (χ1) is 13.8. The van der Waals surface area contributed by atoms with Crippen molar-refractivity contribution in [2.75, 3.05) is 0 Å². The lowest BCUT2D eigenvalue weighted by Crippen LogP contribution is -2.62. The average Bonchev–Trinajstić information content (AvgIpc) is 2.67. The Bertz CT molecular complexity index is 928. The highest BCUT2D eigenvalue weighted by Gasteiger charge is 2.60. The number of hydrogen-bond acceptors (Lipinski definition) is 2. The van der Waals surface area contributed by atoms with Crippen LogP contribution in [-0.2, 0) is 10.2 Å². The molecule has 2 nitrogen and oxygen atoms in total. The topological polar surface area (TPSA) is 37.3 Å². The van der Waals surface area contributed by atoms with E-state index in [4.69, 9.17) is 0 Å². The van der Waals surface area contributed by atoms with Crippen molar-refractivity contribution in [3.05, 3.63) is 77.9 Å². The lowest BCUT2D eigenvalue weighted by molar-refractivity contribution is -0.153. The number of ketones is 1. The van der Waals surface area contributed by atoms with Crippen molar-refractivity contribution in [1.82, 2.24) is 0 Å². The molecule has 0 radical (unpaired) electrons. The lowest BCUT2D eigenvalue weighted by Gasteiger charge is -2.55. The van der Waals surface area contributed by atoms with Crippen molar-refractivity contribution in [1.29, 1.82) is 0 Å². The van der Waals surface area contributed by atoms with E-state index in [1.165, 1.54) is 0 Å². The van der Waals surface area contributed by atoms with Gasteiger partial charge in [0.25, 0.3) is 0 Å². The smallest absolute Gasteiger partial charge is 0.145 e. The molecule has 160 valence electrons. The minimum atomic E-state index is -1.29. The summed E-state index contributed by atoms with van der Waals surface area (Å²) < 4.78 is 0. The van der Waals surface area contributed by atoms with Crippen molar-refractivity contribution < 1.29 is 9.90 Å². The normalized spacial score (nSPS) is 27.5. The van der Waals surface area contributed by atoms with Crippen molar-refractivity contribution in [2.24, 2.45) is 16.7 Å². The third-order valence-corrected chi connectivity index (χ3v) is 6.81. The quantitative estimate of drug-likeness (QED) is 0.639. The molecule has 3 rings (SSSR count). The summed E-state index contributed by atoms with van der Waals surface area (Å²) in [7, 11) is 0. The Hall–Kier alpha value is -2.19. The monoisotopic (exact) mass is 404 g/mol. The molecule has 2 heteroatoms. The summed E-state index contributed by atoms with van der Waals surface area (Å²) in [5, 5.41) is 12.3. The molecule has 0 aliphatic heterocycles. The van der Waals surface area contributed by atoms with Crippen LogP contribution in [0.1, 0.15) is 66.0 Å². The number of Topliss-reactive ketones (excluding diaryl/α,β-unsaturated/α-hetero) is 1. The summed E-state index contributed by atoms with van der Waals surface area (Å²) in [6.45, 7) is 14.1. The van der Waals surface area contributed by atoms with Crippen LogP contribution in [0.25, 0.3) is 5.57 Å². The summed E-state index contributed by atoms with van der Waals surface area (Å²) >= 11 is 0. The Morgan fingerprint density at radius 1 is 0.900 bits per heavy atom.